The molecule has 14 heteroatoms. The summed E-state index contributed by atoms with van der Waals surface area (Å²) in [5, 5.41) is 37.8. The van der Waals surface area contributed by atoms with E-state index >= 15 is 0 Å². The van der Waals surface area contributed by atoms with Gasteiger partial charge in [-0.2, -0.15) is 9.59 Å². The molecule has 270 valence electrons. The van der Waals surface area contributed by atoms with Crippen LogP contribution in [0.1, 0.15) is 165 Å². The first-order chi connectivity index (χ1) is 7.83. The molecule has 0 aliphatic carbocycles. The zero-order valence-electron chi connectivity index (χ0n) is 7.75. The Kier molecular flexibility index (Phi) is 602000. The van der Waals surface area contributed by atoms with E-state index in [1.54, 1.807) is 5.29 Å². The van der Waals surface area contributed by atoms with E-state index in [1.165, 1.54) is 0 Å². The van der Waals surface area contributed by atoms with Crippen molar-refractivity contribution in [3.8, 4) is 0 Å². The largest absolute Gasteiger partial charge is 0 e. The van der Waals surface area contributed by atoms with Crippen LogP contribution >= 0.6 is 0 Å². The SMILES string of the molecule is C.C.C.C.C.C.C.C.C.C.C.C.C.C.C.C.C.C.C.C.C.C.N#N.N#N.N#N.NN=O.O.O=C=O.[C-]#[O+].[C-]#[O+].[HH]. The summed E-state index contributed by atoms with van der Waals surface area (Å²) in [7, 11) is 0. The molecule has 0 atom stereocenters. The Labute approximate surface area is 257 Å². The van der Waals surface area contributed by atoms with E-state index in [9.17, 15) is 0 Å². The number of nitroso groups, excluding NO2 is 1. The number of hydrogen-bond acceptors (Lipinski definition) is 10. The van der Waals surface area contributed by atoms with Crippen molar-refractivity contribution < 1.29 is 25.8 Å². The van der Waals surface area contributed by atoms with Gasteiger partial charge in [-0.1, -0.05) is 163 Å². The van der Waals surface area contributed by atoms with Crippen LogP contribution in [0.5, 0.6) is 0 Å². The maximum atomic E-state index is 8.33. The zero-order chi connectivity index (χ0) is 15.4. The molecular formula is C25H94N8O6. The number of nitrogens with zero attached hydrogens (tertiary/aromatic N) is 7. The Hall–Kier alpha value is -3.52. The second kappa shape index (κ2) is 16700. The molecule has 0 spiro atoms. The van der Waals surface area contributed by atoms with E-state index in [-0.39, 0.29) is 176 Å². The molecule has 0 radical (unpaired) electrons. The number of rotatable bonds is 0. The summed E-state index contributed by atoms with van der Waals surface area (Å²) in [5.41, 5.74) is 0. The predicted molar refractivity (Wildman–Crippen MR) is 187 cm³/mol. The van der Waals surface area contributed by atoms with Gasteiger partial charge < -0.3 is 5.48 Å². The van der Waals surface area contributed by atoms with Crippen LogP contribution in [0, 0.1) is 50.6 Å². The van der Waals surface area contributed by atoms with Crippen molar-refractivity contribution in [1.29, 1.82) is 32.4 Å². The summed E-state index contributed by atoms with van der Waals surface area (Å²) in [6.45, 7) is 9.00. The van der Waals surface area contributed by atoms with Crippen LogP contribution in [0.2, 0.25) is 0 Å². The summed E-state index contributed by atoms with van der Waals surface area (Å²) < 4.78 is 15.0. The van der Waals surface area contributed by atoms with Crippen LogP contribution in [-0.2, 0) is 18.9 Å². The van der Waals surface area contributed by atoms with Crippen molar-refractivity contribution >= 4 is 6.15 Å². The smallest absolute Gasteiger partial charge is 0 e. The zero-order valence-corrected chi connectivity index (χ0v) is 7.75. The van der Waals surface area contributed by atoms with Gasteiger partial charge in [-0.05, 0) is 0 Å². The van der Waals surface area contributed by atoms with Crippen LogP contribution < -0.4 is 5.84 Å². The van der Waals surface area contributed by atoms with Crippen molar-refractivity contribution in [2.24, 2.45) is 11.1 Å². The van der Waals surface area contributed by atoms with Gasteiger partial charge in [0, 0.05) is 39.1 Å². The van der Waals surface area contributed by atoms with Crippen molar-refractivity contribution in [3.63, 3.8) is 0 Å². The van der Waals surface area contributed by atoms with Crippen molar-refractivity contribution in [2.75, 3.05) is 0 Å². The fraction of sp³-hybridized carbons (Fsp3) is 0.880. The predicted octanol–water partition coefficient (Wildman–Crippen LogP) is 12.5. The summed E-state index contributed by atoms with van der Waals surface area (Å²) in [6.07, 6.45) is 0.250. The first-order valence-electron chi connectivity index (χ1n) is 1.86. The third kappa shape index (κ3) is 2940. The molecule has 14 nitrogen and oxygen atoms in total. The molecule has 0 amide bonds. The fourth-order valence-corrected chi connectivity index (χ4v) is 0. The van der Waals surface area contributed by atoms with E-state index in [1.807, 2.05) is 0 Å². The van der Waals surface area contributed by atoms with Gasteiger partial charge in [-0.3, -0.25) is 5.84 Å². The molecule has 0 rings (SSSR count). The Morgan fingerprint density at radius 2 is 0.436 bits per heavy atom. The molecule has 0 saturated carbocycles. The van der Waals surface area contributed by atoms with Crippen molar-refractivity contribution in [1.82, 2.24) is 0 Å². The summed E-state index contributed by atoms with van der Waals surface area (Å²) in [4.78, 5) is 24.6. The van der Waals surface area contributed by atoms with Gasteiger partial charge in [-0.15, -0.1) is 4.91 Å². The topological polar surface area (TPSA) is 304 Å². The molecular weight excluding hydrogens is 508 g/mol. The maximum Gasteiger partial charge on any atom is 0 e. The van der Waals surface area contributed by atoms with Crippen LogP contribution in [0.15, 0.2) is 5.29 Å². The average molecular weight is 603 g/mol. The summed E-state index contributed by atoms with van der Waals surface area (Å²) in [5.74, 6) is 3.92. The Balaban J connectivity index is -0.000000000744. The molecule has 0 aromatic heterocycles. The third-order valence-corrected chi connectivity index (χ3v) is 0. The average Bonchev–Trinajstić information content (AvgIpc) is 2.42. The molecule has 0 aliphatic rings. The maximum absolute atomic E-state index is 8.33. The second-order valence-electron chi connectivity index (χ2n) is 0.189. The minimum atomic E-state index is 0. The molecule has 0 unspecified atom stereocenters. The Morgan fingerprint density at radius 3 is 0.436 bits per heavy atom. The fourth-order valence-electron chi connectivity index (χ4n) is 0. The molecule has 0 saturated heterocycles. The number of carbonyl (C=O) groups excluding carboxylic acids is 2. The molecule has 0 bridgehead atoms. The van der Waals surface area contributed by atoms with Crippen LogP contribution in [0.25, 0.3) is 0 Å². The molecule has 0 fully saturated rings. The Morgan fingerprint density at radius 1 is 0.436 bits per heavy atom. The monoisotopic (exact) mass is 603 g/mol. The van der Waals surface area contributed by atoms with Crippen molar-refractivity contribution in [2.45, 2.75) is 163 Å². The molecule has 0 aromatic carbocycles. The van der Waals surface area contributed by atoms with Crippen molar-refractivity contribution in [3.05, 3.63) is 18.2 Å². The van der Waals surface area contributed by atoms with Gasteiger partial charge in [0.25, 0.3) is 0 Å². The third-order valence-electron chi connectivity index (χ3n) is 0. The van der Waals surface area contributed by atoms with E-state index in [0.717, 1.165) is 0 Å². The number of nitrogens with two attached hydrogens (primary N) is 1. The quantitative estimate of drug-likeness (QED) is 0.0680. The van der Waals surface area contributed by atoms with Crippen LogP contribution in [0.3, 0.4) is 0 Å². The van der Waals surface area contributed by atoms with E-state index in [4.69, 9.17) is 56.2 Å². The minimum Gasteiger partial charge on any atom is 0 e. The summed E-state index contributed by atoms with van der Waals surface area (Å²) in [6, 6.07) is 0. The second-order valence-corrected chi connectivity index (χ2v) is 0.189. The van der Waals surface area contributed by atoms with Gasteiger partial charge in [0.15, 0.2) is 0 Å². The van der Waals surface area contributed by atoms with E-state index < -0.39 is 0 Å². The normalized spacial score (nSPS) is 0.769. The van der Waals surface area contributed by atoms with Crippen LogP contribution in [-0.4, -0.2) is 11.6 Å². The first-order valence-corrected chi connectivity index (χ1v) is 1.86. The van der Waals surface area contributed by atoms with Gasteiger partial charge >= 0.3 is 28.8 Å². The summed E-state index contributed by atoms with van der Waals surface area (Å²) >= 11 is 0. The molecule has 0 aliphatic heterocycles. The van der Waals surface area contributed by atoms with Crippen LogP contribution in [0.4, 0.5) is 0 Å². The molecule has 39 heavy (non-hydrogen) atoms. The molecule has 0 aromatic rings. The number of hydrogen-bond donors (Lipinski definition) is 1. The van der Waals surface area contributed by atoms with E-state index in [2.05, 4.69) is 19.1 Å². The van der Waals surface area contributed by atoms with Gasteiger partial charge in [0.1, 0.15) is 0 Å². The van der Waals surface area contributed by atoms with Gasteiger partial charge in [-0.25, -0.2) is 0 Å². The Bertz CT molecular complexity index is 207. The van der Waals surface area contributed by atoms with E-state index in [0.29, 0.717) is 0 Å². The molecule has 0 heterocycles. The standard InChI is InChI=1S/CO2.2CO.22CH4.H2N2O.3N2.H2O.H2/c2-1-3;2*1-2;;;;;;;;;;;;;;;;;;;;;;;1-2-3;3*1-2;;/h;;;22*1H4;(H2,1,3);;;;1H2;1H. The van der Waals surface area contributed by atoms with Gasteiger partial charge in [0.2, 0.25) is 0 Å². The molecule has 4 N–H and O–H groups in total. The van der Waals surface area contributed by atoms with Gasteiger partial charge in [0.05, 0.1) is 0 Å². The first kappa shape index (κ1) is 1400. The minimum absolute atomic E-state index is 0.